The predicted octanol–water partition coefficient (Wildman–Crippen LogP) is 4.96. The summed E-state index contributed by atoms with van der Waals surface area (Å²) >= 11 is 0. The Morgan fingerprint density at radius 1 is 1.29 bits per heavy atom. The van der Waals surface area contributed by atoms with E-state index in [0.29, 0.717) is 23.8 Å². The summed E-state index contributed by atoms with van der Waals surface area (Å²) in [4.78, 5) is 13.2. The number of hydrogen-bond acceptors (Lipinski definition) is 5. The third kappa shape index (κ3) is 3.72. The van der Waals surface area contributed by atoms with Gasteiger partial charge in [-0.15, -0.1) is 0 Å². The largest absolute Gasteiger partial charge is 0.507 e. The SMILES string of the molecule is COc1cc(O)c(C(=O)/C=C/c2ccccc2)c2c1C1C(C(C)C)CCC(C)(O)C1O2. The van der Waals surface area contributed by atoms with Gasteiger partial charge in [-0.3, -0.25) is 4.79 Å². The number of fused-ring (bicyclic) bond motifs is 3. The molecule has 31 heavy (non-hydrogen) atoms. The molecule has 1 heterocycles. The van der Waals surface area contributed by atoms with Crippen LogP contribution in [-0.2, 0) is 0 Å². The van der Waals surface area contributed by atoms with Gasteiger partial charge in [-0.05, 0) is 43.2 Å². The Morgan fingerprint density at radius 2 is 2.00 bits per heavy atom. The van der Waals surface area contributed by atoms with Gasteiger partial charge in [-0.25, -0.2) is 0 Å². The molecule has 5 heteroatoms. The number of aliphatic hydroxyl groups is 1. The normalized spacial score (nSPS) is 27.1. The van der Waals surface area contributed by atoms with E-state index in [-0.39, 0.29) is 28.9 Å². The number of benzene rings is 2. The zero-order valence-electron chi connectivity index (χ0n) is 18.5. The number of carbonyl (C=O) groups is 1. The summed E-state index contributed by atoms with van der Waals surface area (Å²) in [7, 11) is 1.55. The third-order valence-corrected chi connectivity index (χ3v) is 6.77. The molecule has 1 fully saturated rings. The van der Waals surface area contributed by atoms with Crippen molar-refractivity contribution in [3.8, 4) is 17.2 Å². The van der Waals surface area contributed by atoms with Gasteiger partial charge in [-0.1, -0.05) is 50.3 Å². The van der Waals surface area contributed by atoms with E-state index in [4.69, 9.17) is 9.47 Å². The number of ketones is 1. The second-order valence-electron chi connectivity index (χ2n) is 9.19. The van der Waals surface area contributed by atoms with E-state index in [1.165, 1.54) is 12.1 Å². The van der Waals surface area contributed by atoms with Crippen molar-refractivity contribution in [1.82, 2.24) is 0 Å². The number of methoxy groups -OCH3 is 1. The van der Waals surface area contributed by atoms with Crippen molar-refractivity contribution in [1.29, 1.82) is 0 Å². The van der Waals surface area contributed by atoms with Gasteiger partial charge in [-0.2, -0.15) is 0 Å². The molecule has 1 aliphatic heterocycles. The highest BCUT2D eigenvalue weighted by Gasteiger charge is 2.55. The van der Waals surface area contributed by atoms with Crippen LogP contribution in [0.2, 0.25) is 0 Å². The van der Waals surface area contributed by atoms with Crippen LogP contribution in [0.1, 0.15) is 61.0 Å². The second kappa shape index (κ2) is 8.04. The van der Waals surface area contributed by atoms with Gasteiger partial charge in [0.15, 0.2) is 5.78 Å². The lowest BCUT2D eigenvalue weighted by molar-refractivity contribution is -0.0919. The molecule has 2 aliphatic rings. The van der Waals surface area contributed by atoms with E-state index in [1.54, 1.807) is 20.1 Å². The Morgan fingerprint density at radius 3 is 2.65 bits per heavy atom. The Balaban J connectivity index is 1.82. The van der Waals surface area contributed by atoms with Crippen LogP contribution in [0.5, 0.6) is 17.2 Å². The van der Waals surface area contributed by atoms with Gasteiger partial charge in [0.25, 0.3) is 0 Å². The Bertz CT molecular complexity index is 1010. The summed E-state index contributed by atoms with van der Waals surface area (Å²) in [5, 5.41) is 21.8. The molecule has 5 nitrogen and oxygen atoms in total. The van der Waals surface area contributed by atoms with Crippen LogP contribution < -0.4 is 9.47 Å². The van der Waals surface area contributed by atoms with Crippen molar-refractivity contribution < 1.29 is 24.5 Å². The number of ether oxygens (including phenoxy) is 2. The van der Waals surface area contributed by atoms with Gasteiger partial charge in [0.2, 0.25) is 0 Å². The minimum atomic E-state index is -1.03. The lowest BCUT2D eigenvalue weighted by atomic mass is 9.65. The van der Waals surface area contributed by atoms with E-state index in [2.05, 4.69) is 13.8 Å². The van der Waals surface area contributed by atoms with Crippen molar-refractivity contribution in [2.24, 2.45) is 11.8 Å². The van der Waals surface area contributed by atoms with E-state index in [9.17, 15) is 15.0 Å². The molecular weight excluding hydrogens is 392 g/mol. The number of aromatic hydroxyl groups is 1. The molecule has 2 aromatic carbocycles. The molecule has 4 unspecified atom stereocenters. The zero-order valence-corrected chi connectivity index (χ0v) is 18.5. The average molecular weight is 423 g/mol. The molecule has 4 atom stereocenters. The number of rotatable bonds is 5. The van der Waals surface area contributed by atoms with Crippen molar-refractivity contribution >= 4 is 11.9 Å². The lowest BCUT2D eigenvalue weighted by Crippen LogP contribution is -2.51. The number of phenolic OH excluding ortho intramolecular Hbond substituents is 1. The van der Waals surface area contributed by atoms with Gasteiger partial charge in [0.05, 0.1) is 12.7 Å². The maximum Gasteiger partial charge on any atom is 0.193 e. The highest BCUT2D eigenvalue weighted by Crippen LogP contribution is 2.58. The molecule has 2 aromatic rings. The number of hydrogen-bond donors (Lipinski definition) is 2. The van der Waals surface area contributed by atoms with Crippen molar-refractivity contribution in [2.75, 3.05) is 7.11 Å². The van der Waals surface area contributed by atoms with Gasteiger partial charge in [0, 0.05) is 17.5 Å². The van der Waals surface area contributed by atoms with Crippen molar-refractivity contribution in [2.45, 2.75) is 51.2 Å². The first kappa shape index (κ1) is 21.4. The Hall–Kier alpha value is -2.79. The minimum Gasteiger partial charge on any atom is -0.507 e. The molecule has 0 spiro atoms. The van der Waals surface area contributed by atoms with Crippen LogP contribution in [0.25, 0.3) is 6.08 Å². The van der Waals surface area contributed by atoms with Crippen molar-refractivity contribution in [3.63, 3.8) is 0 Å². The Labute approximate surface area is 183 Å². The van der Waals surface area contributed by atoms with Gasteiger partial charge in [0.1, 0.15) is 28.9 Å². The molecule has 2 N–H and O–H groups in total. The summed E-state index contributed by atoms with van der Waals surface area (Å²) in [6.45, 7) is 6.12. The highest BCUT2D eigenvalue weighted by atomic mass is 16.5. The molecule has 0 aromatic heterocycles. The van der Waals surface area contributed by atoms with Crippen LogP contribution in [0, 0.1) is 11.8 Å². The maximum absolute atomic E-state index is 13.2. The van der Waals surface area contributed by atoms with E-state index < -0.39 is 11.7 Å². The summed E-state index contributed by atoms with van der Waals surface area (Å²) in [6, 6.07) is 11.0. The van der Waals surface area contributed by atoms with Gasteiger partial charge < -0.3 is 19.7 Å². The predicted molar refractivity (Wildman–Crippen MR) is 120 cm³/mol. The second-order valence-corrected chi connectivity index (χ2v) is 9.19. The molecular formula is C26H30O5. The fraction of sp³-hybridized carbons (Fsp3) is 0.423. The fourth-order valence-corrected chi connectivity index (χ4v) is 5.13. The van der Waals surface area contributed by atoms with Crippen LogP contribution in [0.3, 0.4) is 0 Å². The average Bonchev–Trinajstić information content (AvgIpc) is 3.13. The Kier molecular flexibility index (Phi) is 5.56. The number of phenols is 1. The molecule has 0 radical (unpaired) electrons. The van der Waals surface area contributed by atoms with Crippen LogP contribution >= 0.6 is 0 Å². The van der Waals surface area contributed by atoms with Crippen molar-refractivity contribution in [3.05, 3.63) is 59.2 Å². The molecule has 4 rings (SSSR count). The third-order valence-electron chi connectivity index (χ3n) is 6.77. The zero-order chi connectivity index (χ0) is 22.3. The van der Waals surface area contributed by atoms with Crippen LogP contribution in [-0.4, -0.2) is 34.8 Å². The summed E-state index contributed by atoms with van der Waals surface area (Å²) in [6.07, 6.45) is 4.14. The van der Waals surface area contributed by atoms with E-state index in [1.807, 2.05) is 30.3 Å². The smallest absolute Gasteiger partial charge is 0.193 e. The lowest BCUT2D eigenvalue weighted by Gasteiger charge is -2.44. The first-order valence-electron chi connectivity index (χ1n) is 10.8. The fourth-order valence-electron chi connectivity index (χ4n) is 5.13. The molecule has 164 valence electrons. The summed E-state index contributed by atoms with van der Waals surface area (Å²) in [5.74, 6) is 0.826. The van der Waals surface area contributed by atoms with Crippen LogP contribution in [0.15, 0.2) is 42.5 Å². The molecule has 0 saturated heterocycles. The maximum atomic E-state index is 13.2. The quantitative estimate of drug-likeness (QED) is 0.526. The minimum absolute atomic E-state index is 0.112. The highest BCUT2D eigenvalue weighted by molar-refractivity contribution is 6.11. The molecule has 1 aliphatic carbocycles. The topological polar surface area (TPSA) is 76.0 Å². The van der Waals surface area contributed by atoms with Gasteiger partial charge >= 0.3 is 0 Å². The first-order valence-corrected chi connectivity index (χ1v) is 10.8. The number of carbonyl (C=O) groups excluding carboxylic acids is 1. The van der Waals surface area contributed by atoms with Crippen LogP contribution in [0.4, 0.5) is 0 Å². The number of allylic oxidation sites excluding steroid dienone is 1. The monoisotopic (exact) mass is 422 g/mol. The molecule has 0 bridgehead atoms. The molecule has 0 amide bonds. The van der Waals surface area contributed by atoms with E-state index in [0.717, 1.165) is 17.5 Å². The first-order chi connectivity index (χ1) is 14.7. The summed E-state index contributed by atoms with van der Waals surface area (Å²) < 4.78 is 11.9. The molecule has 1 saturated carbocycles. The standard InChI is InChI=1S/C26H30O5/c1-15(2)17-12-13-26(3,29)25-21(17)23-20(30-4)14-19(28)22(24(23)31-25)18(27)11-10-16-8-6-5-7-9-16/h5-11,14-15,17,21,25,28-29H,12-13H2,1-4H3/b11-10+. The summed E-state index contributed by atoms with van der Waals surface area (Å²) in [5.41, 5.74) is 0.754. The van der Waals surface area contributed by atoms with E-state index >= 15 is 0 Å².